The van der Waals surface area contributed by atoms with Crippen molar-refractivity contribution < 1.29 is 4.79 Å². The number of carbonyl (C=O) groups is 1. The molecule has 1 heterocycles. The fraction of sp³-hybridized carbons (Fsp3) is 0.667. The number of carbonyl (C=O) groups excluding carboxylic acids is 1. The van der Waals surface area contributed by atoms with E-state index in [1.165, 1.54) is 42.5 Å². The van der Waals surface area contributed by atoms with Gasteiger partial charge in [0.25, 0.3) is 0 Å². The van der Waals surface area contributed by atoms with Crippen molar-refractivity contribution in [3.63, 3.8) is 0 Å². The van der Waals surface area contributed by atoms with Gasteiger partial charge in [-0.2, -0.15) is 0 Å². The molecule has 3 aliphatic carbocycles. The van der Waals surface area contributed by atoms with Gasteiger partial charge in [0.05, 0.1) is 0 Å². The first-order chi connectivity index (χ1) is 8.33. The lowest BCUT2D eigenvalue weighted by atomic mass is 9.79. The first-order valence-electron chi connectivity index (χ1n) is 6.93. The monoisotopic (exact) mass is 246 g/mol. The summed E-state index contributed by atoms with van der Waals surface area (Å²) < 4.78 is 0. The number of aryl methyl sites for hydroxylation is 1. The van der Waals surface area contributed by atoms with Crippen LogP contribution in [-0.2, 0) is 11.2 Å². The number of Topliss-reactive ketones (excluding diaryl/α,β-unsaturated/α-hetero) is 1. The zero-order chi connectivity index (χ0) is 11.4. The number of thiophene rings is 1. The predicted molar refractivity (Wildman–Crippen MR) is 69.3 cm³/mol. The molecule has 17 heavy (non-hydrogen) atoms. The van der Waals surface area contributed by atoms with E-state index in [1.54, 1.807) is 0 Å². The van der Waals surface area contributed by atoms with Crippen molar-refractivity contribution in [1.29, 1.82) is 0 Å². The van der Waals surface area contributed by atoms with Gasteiger partial charge in [-0.3, -0.25) is 4.79 Å². The third-order valence-electron chi connectivity index (χ3n) is 5.04. The van der Waals surface area contributed by atoms with Crippen LogP contribution >= 0.6 is 11.3 Å². The molecule has 1 aromatic rings. The third-order valence-corrected chi connectivity index (χ3v) is 6.04. The van der Waals surface area contributed by atoms with E-state index < -0.39 is 0 Å². The smallest absolute Gasteiger partial charge is 0.143 e. The van der Waals surface area contributed by atoms with Crippen molar-refractivity contribution >= 4 is 17.1 Å². The summed E-state index contributed by atoms with van der Waals surface area (Å²) in [6.45, 7) is 0. The molecular weight excluding hydrogens is 228 g/mol. The molecule has 2 heteroatoms. The van der Waals surface area contributed by atoms with Crippen LogP contribution in [-0.4, -0.2) is 5.78 Å². The molecule has 1 aromatic heterocycles. The Morgan fingerprint density at radius 1 is 1.24 bits per heavy atom. The lowest BCUT2D eigenvalue weighted by Crippen LogP contribution is -2.23. The van der Waals surface area contributed by atoms with Crippen LogP contribution in [0.3, 0.4) is 0 Å². The second-order valence-corrected chi connectivity index (χ2v) is 7.07. The number of hydrogen-bond donors (Lipinski definition) is 0. The number of rotatable bonds is 2. The molecule has 3 aliphatic rings. The Labute approximate surface area is 106 Å². The minimum Gasteiger partial charge on any atom is -0.299 e. The van der Waals surface area contributed by atoms with E-state index >= 15 is 0 Å². The van der Waals surface area contributed by atoms with E-state index in [9.17, 15) is 4.79 Å². The molecule has 90 valence electrons. The van der Waals surface area contributed by atoms with Gasteiger partial charge in [0, 0.05) is 16.7 Å². The van der Waals surface area contributed by atoms with Crippen LogP contribution in [0.2, 0.25) is 0 Å². The average Bonchev–Trinajstić information content (AvgIpc) is 2.82. The third kappa shape index (κ3) is 1.61. The van der Waals surface area contributed by atoms with Gasteiger partial charge in [-0.1, -0.05) is 0 Å². The van der Waals surface area contributed by atoms with Gasteiger partial charge >= 0.3 is 0 Å². The maximum atomic E-state index is 12.6. The summed E-state index contributed by atoms with van der Waals surface area (Å²) in [6.07, 6.45) is 7.35. The number of fused-ring (bicyclic) bond motifs is 2. The molecule has 1 nitrogen and oxygen atoms in total. The zero-order valence-electron chi connectivity index (χ0n) is 10.0. The van der Waals surface area contributed by atoms with Crippen LogP contribution in [0.25, 0.3) is 0 Å². The lowest BCUT2D eigenvalue weighted by molar-refractivity contribution is -0.124. The second kappa shape index (κ2) is 3.68. The SMILES string of the molecule is O=C(C1CC2CC2C1)C1CCCc2sccc21. The normalized spacial score (nSPS) is 38.6. The van der Waals surface area contributed by atoms with Crippen molar-refractivity contribution in [2.45, 2.75) is 44.4 Å². The lowest BCUT2D eigenvalue weighted by Gasteiger charge is -2.24. The van der Waals surface area contributed by atoms with Gasteiger partial charge in [0.15, 0.2) is 0 Å². The van der Waals surface area contributed by atoms with Crippen molar-refractivity contribution in [1.82, 2.24) is 0 Å². The molecule has 2 fully saturated rings. The van der Waals surface area contributed by atoms with Crippen molar-refractivity contribution in [3.8, 4) is 0 Å². The molecule has 0 N–H and O–H groups in total. The van der Waals surface area contributed by atoms with Crippen molar-refractivity contribution in [2.24, 2.45) is 17.8 Å². The largest absolute Gasteiger partial charge is 0.299 e. The van der Waals surface area contributed by atoms with E-state index in [-0.39, 0.29) is 5.92 Å². The molecule has 4 rings (SSSR count). The van der Waals surface area contributed by atoms with Crippen LogP contribution in [0.5, 0.6) is 0 Å². The van der Waals surface area contributed by atoms with E-state index in [1.807, 2.05) is 11.3 Å². The Balaban J connectivity index is 1.57. The average molecular weight is 246 g/mol. The summed E-state index contributed by atoms with van der Waals surface area (Å²) in [5, 5.41) is 2.17. The Bertz CT molecular complexity index is 451. The molecule has 0 aromatic carbocycles. The number of ketones is 1. The molecular formula is C15H18OS. The van der Waals surface area contributed by atoms with Crippen LogP contribution in [0.15, 0.2) is 11.4 Å². The molecule has 0 radical (unpaired) electrons. The molecule has 0 spiro atoms. The van der Waals surface area contributed by atoms with E-state index in [2.05, 4.69) is 11.4 Å². The maximum absolute atomic E-state index is 12.6. The predicted octanol–water partition coefficient (Wildman–Crippen LogP) is 3.78. The van der Waals surface area contributed by atoms with Gasteiger partial charge in [-0.15, -0.1) is 11.3 Å². The van der Waals surface area contributed by atoms with Crippen molar-refractivity contribution in [2.75, 3.05) is 0 Å². The highest BCUT2D eigenvalue weighted by molar-refractivity contribution is 7.10. The molecule has 3 atom stereocenters. The Hall–Kier alpha value is -0.630. The summed E-state index contributed by atoms with van der Waals surface area (Å²) in [4.78, 5) is 14.1. The fourth-order valence-corrected chi connectivity index (χ4v) is 5.00. The van der Waals surface area contributed by atoms with E-state index in [4.69, 9.17) is 0 Å². The van der Waals surface area contributed by atoms with Gasteiger partial charge < -0.3 is 0 Å². The summed E-state index contributed by atoms with van der Waals surface area (Å²) in [5.41, 5.74) is 1.38. The minimum atomic E-state index is 0.257. The standard InChI is InChI=1S/C15H18OS/c16-15(11-7-9-6-10(9)8-11)13-2-1-3-14-12(13)4-5-17-14/h4-5,9-11,13H,1-3,6-8H2. The van der Waals surface area contributed by atoms with Crippen LogP contribution in [0.1, 0.15) is 48.5 Å². The van der Waals surface area contributed by atoms with Gasteiger partial charge in [0.2, 0.25) is 0 Å². The van der Waals surface area contributed by atoms with Crippen LogP contribution < -0.4 is 0 Å². The minimum absolute atomic E-state index is 0.257. The van der Waals surface area contributed by atoms with Crippen molar-refractivity contribution in [3.05, 3.63) is 21.9 Å². The quantitative estimate of drug-likeness (QED) is 0.776. The Kier molecular flexibility index (Phi) is 2.23. The Morgan fingerprint density at radius 3 is 2.88 bits per heavy atom. The van der Waals surface area contributed by atoms with Crippen LogP contribution in [0.4, 0.5) is 0 Å². The first kappa shape index (κ1) is 10.3. The summed E-state index contributed by atoms with van der Waals surface area (Å²) in [5.74, 6) is 3.10. The number of hydrogen-bond acceptors (Lipinski definition) is 2. The van der Waals surface area contributed by atoms with Gasteiger partial charge in [-0.25, -0.2) is 0 Å². The highest BCUT2D eigenvalue weighted by atomic mass is 32.1. The van der Waals surface area contributed by atoms with Gasteiger partial charge in [-0.05, 0) is 67.4 Å². The zero-order valence-corrected chi connectivity index (χ0v) is 10.8. The molecule has 0 amide bonds. The first-order valence-corrected chi connectivity index (χ1v) is 7.81. The molecule has 3 unspecified atom stereocenters. The second-order valence-electron chi connectivity index (χ2n) is 6.07. The fourth-order valence-electron chi connectivity index (χ4n) is 4.01. The summed E-state index contributed by atoms with van der Waals surface area (Å²) in [6, 6.07) is 2.21. The van der Waals surface area contributed by atoms with Gasteiger partial charge in [0.1, 0.15) is 5.78 Å². The van der Waals surface area contributed by atoms with E-state index in [0.29, 0.717) is 11.7 Å². The maximum Gasteiger partial charge on any atom is 0.143 e. The molecule has 0 bridgehead atoms. The topological polar surface area (TPSA) is 17.1 Å². The van der Waals surface area contributed by atoms with Crippen LogP contribution in [0, 0.1) is 17.8 Å². The molecule has 0 aliphatic heterocycles. The highest BCUT2D eigenvalue weighted by Gasteiger charge is 2.49. The Morgan fingerprint density at radius 2 is 2.06 bits per heavy atom. The van der Waals surface area contributed by atoms with E-state index in [0.717, 1.165) is 18.3 Å². The summed E-state index contributed by atoms with van der Waals surface area (Å²) in [7, 11) is 0. The highest BCUT2D eigenvalue weighted by Crippen LogP contribution is 2.55. The molecule has 2 saturated carbocycles. The summed E-state index contributed by atoms with van der Waals surface area (Å²) >= 11 is 1.85. The molecule has 0 saturated heterocycles.